The summed E-state index contributed by atoms with van der Waals surface area (Å²) in [4.78, 5) is 18.4. The van der Waals surface area contributed by atoms with Gasteiger partial charge in [0.2, 0.25) is 0 Å². The normalized spacial score (nSPS) is 16.2. The molecular formula is C26H23F2N3O2. The lowest BCUT2D eigenvalue weighted by atomic mass is 9.99. The smallest absolute Gasteiger partial charge is 0.261 e. The molecule has 0 spiro atoms. The van der Waals surface area contributed by atoms with E-state index < -0.39 is 11.6 Å². The van der Waals surface area contributed by atoms with Gasteiger partial charge < -0.3 is 10.4 Å². The highest BCUT2D eigenvalue weighted by molar-refractivity contribution is 5.85. The maximum absolute atomic E-state index is 14.4. The molecule has 0 radical (unpaired) electrons. The van der Waals surface area contributed by atoms with Gasteiger partial charge in [0.1, 0.15) is 23.2 Å². The SMILES string of the molecule is O=c1c2cc(-c3ccc(F)cc3F)ccc2nc(-c2ccccc2O)n1CC1CCCNC1. The summed E-state index contributed by atoms with van der Waals surface area (Å²) < 4.78 is 29.4. The average molecular weight is 447 g/mol. The summed E-state index contributed by atoms with van der Waals surface area (Å²) in [6.07, 6.45) is 2.01. The summed E-state index contributed by atoms with van der Waals surface area (Å²) in [5.41, 5.74) is 1.36. The molecule has 1 fully saturated rings. The molecule has 1 aliphatic rings. The number of halogens is 2. The predicted octanol–water partition coefficient (Wildman–Crippen LogP) is 4.71. The van der Waals surface area contributed by atoms with E-state index in [2.05, 4.69) is 5.32 Å². The summed E-state index contributed by atoms with van der Waals surface area (Å²) in [6, 6.07) is 15.1. The van der Waals surface area contributed by atoms with Gasteiger partial charge in [-0.3, -0.25) is 9.36 Å². The Balaban J connectivity index is 1.70. The van der Waals surface area contributed by atoms with Crippen LogP contribution in [0.15, 0.2) is 65.5 Å². The Morgan fingerprint density at radius 2 is 1.91 bits per heavy atom. The number of aromatic nitrogens is 2. The standard InChI is InChI=1S/C26H23F2N3O2/c27-18-8-9-19(22(28)13-18)17-7-10-23-21(12-17)26(33)31(15-16-4-3-11-29-14-16)25(30-23)20-5-1-2-6-24(20)32/h1-2,5-10,12-13,16,29,32H,3-4,11,14-15H2. The zero-order chi connectivity index (χ0) is 22.9. The highest BCUT2D eigenvalue weighted by Crippen LogP contribution is 2.30. The quantitative estimate of drug-likeness (QED) is 0.475. The van der Waals surface area contributed by atoms with Gasteiger partial charge in [0.25, 0.3) is 5.56 Å². The third kappa shape index (κ3) is 4.12. The summed E-state index contributed by atoms with van der Waals surface area (Å²) >= 11 is 0. The number of rotatable bonds is 4. The van der Waals surface area contributed by atoms with E-state index in [-0.39, 0.29) is 22.8 Å². The zero-order valence-electron chi connectivity index (χ0n) is 17.9. The molecule has 0 saturated carbocycles. The van der Waals surface area contributed by atoms with Crippen LogP contribution in [-0.2, 0) is 6.54 Å². The van der Waals surface area contributed by atoms with Crippen molar-refractivity contribution in [3.63, 3.8) is 0 Å². The van der Waals surface area contributed by atoms with Crippen molar-refractivity contribution in [2.45, 2.75) is 19.4 Å². The second kappa shape index (κ2) is 8.75. The predicted molar refractivity (Wildman–Crippen MR) is 124 cm³/mol. The lowest BCUT2D eigenvalue weighted by Gasteiger charge is -2.25. The van der Waals surface area contributed by atoms with E-state index in [9.17, 15) is 18.7 Å². The van der Waals surface area contributed by atoms with Gasteiger partial charge in [0.15, 0.2) is 0 Å². The van der Waals surface area contributed by atoms with E-state index in [4.69, 9.17) is 4.98 Å². The largest absolute Gasteiger partial charge is 0.507 e. The van der Waals surface area contributed by atoms with Gasteiger partial charge in [-0.25, -0.2) is 13.8 Å². The molecule has 0 bridgehead atoms. The third-order valence-corrected chi connectivity index (χ3v) is 6.18. The molecule has 2 N–H and O–H groups in total. The lowest BCUT2D eigenvalue weighted by Crippen LogP contribution is -2.35. The molecule has 168 valence electrons. The van der Waals surface area contributed by atoms with Crippen molar-refractivity contribution in [1.82, 2.24) is 14.9 Å². The number of phenolic OH excluding ortho intramolecular Hbond substituents is 1. The number of fused-ring (bicyclic) bond motifs is 1. The highest BCUT2D eigenvalue weighted by Gasteiger charge is 2.21. The fourth-order valence-corrected chi connectivity index (χ4v) is 4.49. The fourth-order valence-electron chi connectivity index (χ4n) is 4.49. The maximum atomic E-state index is 14.4. The van der Waals surface area contributed by atoms with Crippen molar-refractivity contribution in [1.29, 1.82) is 0 Å². The molecule has 0 aliphatic carbocycles. The Labute approximate surface area is 189 Å². The topological polar surface area (TPSA) is 67.1 Å². The van der Waals surface area contributed by atoms with Crippen LogP contribution in [0.4, 0.5) is 8.78 Å². The van der Waals surface area contributed by atoms with Crippen LogP contribution in [0, 0.1) is 17.6 Å². The molecule has 4 aromatic rings. The first kappa shape index (κ1) is 21.3. The van der Waals surface area contributed by atoms with E-state index in [1.807, 2.05) is 0 Å². The van der Waals surface area contributed by atoms with Crippen molar-refractivity contribution in [3.05, 3.63) is 82.7 Å². The molecule has 33 heavy (non-hydrogen) atoms. The van der Waals surface area contributed by atoms with Crippen molar-refractivity contribution >= 4 is 10.9 Å². The van der Waals surface area contributed by atoms with Crippen LogP contribution in [0.3, 0.4) is 0 Å². The lowest BCUT2D eigenvalue weighted by molar-refractivity contribution is 0.334. The average Bonchev–Trinajstić information content (AvgIpc) is 2.82. The molecule has 1 aliphatic heterocycles. The number of nitrogens with one attached hydrogen (secondary N) is 1. The second-order valence-electron chi connectivity index (χ2n) is 8.44. The van der Waals surface area contributed by atoms with E-state index in [0.29, 0.717) is 34.4 Å². The summed E-state index contributed by atoms with van der Waals surface area (Å²) in [7, 11) is 0. The third-order valence-electron chi connectivity index (χ3n) is 6.18. The van der Waals surface area contributed by atoms with E-state index in [0.717, 1.165) is 32.0 Å². The molecule has 0 amide bonds. The first-order valence-corrected chi connectivity index (χ1v) is 11.0. The molecule has 3 aromatic carbocycles. The minimum absolute atomic E-state index is 0.0456. The molecule has 2 heterocycles. The van der Waals surface area contributed by atoms with Gasteiger partial charge >= 0.3 is 0 Å². The molecule has 7 heteroatoms. The van der Waals surface area contributed by atoms with Gasteiger partial charge in [-0.2, -0.15) is 0 Å². The molecule has 5 nitrogen and oxygen atoms in total. The fraction of sp³-hybridized carbons (Fsp3) is 0.231. The summed E-state index contributed by atoms with van der Waals surface area (Å²) in [5.74, 6) is -0.657. The monoisotopic (exact) mass is 447 g/mol. The van der Waals surface area contributed by atoms with Gasteiger partial charge in [0.05, 0.1) is 16.5 Å². The Kier molecular flexibility index (Phi) is 5.64. The minimum Gasteiger partial charge on any atom is -0.507 e. The first-order chi connectivity index (χ1) is 16.0. The number of para-hydroxylation sites is 1. The van der Waals surface area contributed by atoms with Gasteiger partial charge in [-0.05, 0) is 73.8 Å². The number of phenols is 1. The van der Waals surface area contributed by atoms with Crippen LogP contribution in [-0.4, -0.2) is 27.7 Å². The number of hydrogen-bond acceptors (Lipinski definition) is 4. The number of nitrogens with zero attached hydrogens (tertiary/aromatic N) is 2. The van der Waals surface area contributed by atoms with Crippen molar-refractivity contribution < 1.29 is 13.9 Å². The zero-order valence-corrected chi connectivity index (χ0v) is 17.9. The van der Waals surface area contributed by atoms with Gasteiger partial charge in [0, 0.05) is 18.2 Å². The second-order valence-corrected chi connectivity index (χ2v) is 8.44. The molecule has 5 rings (SSSR count). The number of benzene rings is 3. The number of piperidine rings is 1. The Bertz CT molecular complexity index is 1390. The molecule has 1 aromatic heterocycles. The molecule has 1 atom stereocenters. The molecule has 1 unspecified atom stereocenters. The van der Waals surface area contributed by atoms with Crippen LogP contribution in [0.1, 0.15) is 12.8 Å². The Hall–Kier alpha value is -3.58. The number of aromatic hydroxyl groups is 1. The van der Waals surface area contributed by atoms with E-state index in [1.165, 1.54) is 12.1 Å². The molecule has 1 saturated heterocycles. The summed E-state index contributed by atoms with van der Waals surface area (Å²) in [6.45, 7) is 2.21. The first-order valence-electron chi connectivity index (χ1n) is 11.0. The van der Waals surface area contributed by atoms with Crippen molar-refractivity contribution in [2.24, 2.45) is 5.92 Å². The Morgan fingerprint density at radius 1 is 1.06 bits per heavy atom. The highest BCUT2D eigenvalue weighted by atomic mass is 19.1. The van der Waals surface area contributed by atoms with E-state index in [1.54, 1.807) is 47.0 Å². The van der Waals surface area contributed by atoms with Crippen molar-refractivity contribution in [3.8, 4) is 28.3 Å². The van der Waals surface area contributed by atoms with E-state index >= 15 is 0 Å². The molecular weight excluding hydrogens is 424 g/mol. The van der Waals surface area contributed by atoms with Crippen LogP contribution < -0.4 is 10.9 Å². The van der Waals surface area contributed by atoms with Gasteiger partial charge in [-0.1, -0.05) is 18.2 Å². The number of hydrogen-bond donors (Lipinski definition) is 2. The maximum Gasteiger partial charge on any atom is 0.261 e. The summed E-state index contributed by atoms with van der Waals surface area (Å²) in [5, 5.41) is 14.2. The minimum atomic E-state index is -0.693. The van der Waals surface area contributed by atoms with Crippen LogP contribution in [0.5, 0.6) is 5.75 Å². The Morgan fingerprint density at radius 3 is 2.67 bits per heavy atom. The van der Waals surface area contributed by atoms with Gasteiger partial charge in [-0.15, -0.1) is 0 Å². The van der Waals surface area contributed by atoms with Crippen molar-refractivity contribution in [2.75, 3.05) is 13.1 Å². The van der Waals surface area contributed by atoms with Crippen LogP contribution >= 0.6 is 0 Å². The van der Waals surface area contributed by atoms with Crippen LogP contribution in [0.25, 0.3) is 33.4 Å². The van der Waals surface area contributed by atoms with Crippen LogP contribution in [0.2, 0.25) is 0 Å².